The number of aldehydes is 1. The van der Waals surface area contributed by atoms with Crippen molar-refractivity contribution >= 4 is 6.29 Å². The van der Waals surface area contributed by atoms with E-state index < -0.39 is 5.41 Å². The second kappa shape index (κ2) is 2.88. The lowest BCUT2D eigenvalue weighted by Gasteiger charge is -2.15. The lowest BCUT2D eigenvalue weighted by Crippen LogP contribution is -2.27. The van der Waals surface area contributed by atoms with Crippen molar-refractivity contribution in [2.45, 2.75) is 12.3 Å². The molecular formula is C8H10O3. The van der Waals surface area contributed by atoms with Gasteiger partial charge in [-0.25, -0.2) is 0 Å². The molecule has 3 heteroatoms. The molecule has 0 aliphatic heterocycles. The molecule has 0 amide bonds. The van der Waals surface area contributed by atoms with Gasteiger partial charge in [-0.15, -0.1) is 0 Å². The van der Waals surface area contributed by atoms with Crippen LogP contribution in [0.25, 0.3) is 0 Å². The van der Waals surface area contributed by atoms with Gasteiger partial charge in [-0.3, -0.25) is 0 Å². The molecule has 1 rings (SSSR count). The molecule has 0 bridgehead atoms. The Balaban J connectivity index is 2.96. The summed E-state index contributed by atoms with van der Waals surface area (Å²) in [4.78, 5) is 10.5. The third-order valence-corrected chi connectivity index (χ3v) is 1.67. The molecule has 1 aromatic rings. The SMILES string of the molecule is CC(C=O)(CO)c1ccco1. The Labute approximate surface area is 64.6 Å². The van der Waals surface area contributed by atoms with Crippen LogP contribution in [-0.4, -0.2) is 18.0 Å². The van der Waals surface area contributed by atoms with Crippen LogP contribution in [0.3, 0.4) is 0 Å². The molecule has 0 saturated heterocycles. The number of hydrogen-bond donors (Lipinski definition) is 1. The number of aliphatic hydroxyl groups is 1. The average Bonchev–Trinajstić information content (AvgIpc) is 2.55. The minimum Gasteiger partial charge on any atom is -0.468 e. The van der Waals surface area contributed by atoms with Crippen LogP contribution in [-0.2, 0) is 10.2 Å². The first-order valence-corrected chi connectivity index (χ1v) is 3.34. The van der Waals surface area contributed by atoms with Crippen molar-refractivity contribution in [2.75, 3.05) is 6.61 Å². The minimum atomic E-state index is -0.885. The molecule has 60 valence electrons. The van der Waals surface area contributed by atoms with Crippen molar-refractivity contribution < 1.29 is 14.3 Å². The summed E-state index contributed by atoms with van der Waals surface area (Å²) in [6.07, 6.45) is 2.17. The van der Waals surface area contributed by atoms with E-state index in [1.54, 1.807) is 19.1 Å². The van der Waals surface area contributed by atoms with E-state index in [1.165, 1.54) is 6.26 Å². The van der Waals surface area contributed by atoms with Crippen LogP contribution in [0.1, 0.15) is 12.7 Å². The molecule has 0 aromatic carbocycles. The zero-order valence-corrected chi connectivity index (χ0v) is 6.28. The molecule has 0 spiro atoms. The lowest BCUT2D eigenvalue weighted by atomic mass is 9.91. The molecule has 0 saturated carbocycles. The fourth-order valence-electron chi connectivity index (χ4n) is 0.777. The number of aliphatic hydroxyl groups excluding tert-OH is 1. The van der Waals surface area contributed by atoms with Crippen molar-refractivity contribution in [3.05, 3.63) is 24.2 Å². The summed E-state index contributed by atoms with van der Waals surface area (Å²) < 4.78 is 4.99. The number of rotatable bonds is 3. The van der Waals surface area contributed by atoms with E-state index in [0.717, 1.165) is 0 Å². The van der Waals surface area contributed by atoms with E-state index in [1.807, 2.05) is 0 Å². The van der Waals surface area contributed by atoms with E-state index in [4.69, 9.17) is 9.52 Å². The molecular weight excluding hydrogens is 144 g/mol. The monoisotopic (exact) mass is 154 g/mol. The Hall–Kier alpha value is -1.09. The van der Waals surface area contributed by atoms with Crippen molar-refractivity contribution in [1.29, 1.82) is 0 Å². The Morgan fingerprint density at radius 2 is 2.55 bits per heavy atom. The lowest BCUT2D eigenvalue weighted by molar-refractivity contribution is -0.113. The fraction of sp³-hybridized carbons (Fsp3) is 0.375. The highest BCUT2D eigenvalue weighted by Crippen LogP contribution is 2.20. The largest absolute Gasteiger partial charge is 0.468 e. The number of hydrogen-bond acceptors (Lipinski definition) is 3. The Morgan fingerprint density at radius 1 is 1.82 bits per heavy atom. The van der Waals surface area contributed by atoms with E-state index in [0.29, 0.717) is 12.0 Å². The van der Waals surface area contributed by atoms with Gasteiger partial charge in [0, 0.05) is 0 Å². The second-order valence-electron chi connectivity index (χ2n) is 2.67. The molecule has 0 aliphatic carbocycles. The highest BCUT2D eigenvalue weighted by atomic mass is 16.3. The molecule has 1 unspecified atom stereocenters. The molecule has 0 aliphatic rings. The smallest absolute Gasteiger partial charge is 0.135 e. The molecule has 0 radical (unpaired) electrons. The van der Waals surface area contributed by atoms with Gasteiger partial charge in [0.15, 0.2) is 0 Å². The van der Waals surface area contributed by atoms with E-state index >= 15 is 0 Å². The van der Waals surface area contributed by atoms with Gasteiger partial charge < -0.3 is 14.3 Å². The van der Waals surface area contributed by atoms with Crippen LogP contribution in [0.4, 0.5) is 0 Å². The normalized spacial score (nSPS) is 15.8. The molecule has 1 atom stereocenters. The van der Waals surface area contributed by atoms with Crippen LogP contribution < -0.4 is 0 Å². The van der Waals surface area contributed by atoms with Gasteiger partial charge in [-0.2, -0.15) is 0 Å². The van der Waals surface area contributed by atoms with Crippen LogP contribution in [0, 0.1) is 0 Å². The van der Waals surface area contributed by atoms with E-state index in [-0.39, 0.29) is 6.61 Å². The van der Waals surface area contributed by atoms with Gasteiger partial charge >= 0.3 is 0 Å². The predicted molar refractivity (Wildman–Crippen MR) is 39.2 cm³/mol. The maximum absolute atomic E-state index is 10.5. The summed E-state index contributed by atoms with van der Waals surface area (Å²) >= 11 is 0. The zero-order valence-electron chi connectivity index (χ0n) is 6.28. The summed E-state index contributed by atoms with van der Waals surface area (Å²) in [5.74, 6) is 0.495. The Bertz CT molecular complexity index is 227. The summed E-state index contributed by atoms with van der Waals surface area (Å²) in [6.45, 7) is 1.39. The number of furan rings is 1. The molecule has 11 heavy (non-hydrogen) atoms. The summed E-state index contributed by atoms with van der Waals surface area (Å²) in [6, 6.07) is 3.36. The highest BCUT2D eigenvalue weighted by molar-refractivity contribution is 5.66. The van der Waals surface area contributed by atoms with Crippen molar-refractivity contribution in [2.24, 2.45) is 0 Å². The maximum atomic E-state index is 10.5. The van der Waals surface area contributed by atoms with Crippen molar-refractivity contribution in [3.8, 4) is 0 Å². The molecule has 3 nitrogen and oxygen atoms in total. The van der Waals surface area contributed by atoms with Crippen LogP contribution in [0.2, 0.25) is 0 Å². The first-order chi connectivity index (χ1) is 5.23. The third-order valence-electron chi connectivity index (χ3n) is 1.67. The summed E-state index contributed by atoms with van der Waals surface area (Å²) in [5, 5.41) is 8.87. The third kappa shape index (κ3) is 1.33. The van der Waals surface area contributed by atoms with Gasteiger partial charge in [0.05, 0.1) is 12.9 Å². The second-order valence-corrected chi connectivity index (χ2v) is 2.67. The Kier molecular flexibility index (Phi) is 2.10. The molecule has 1 N–H and O–H groups in total. The summed E-state index contributed by atoms with van der Waals surface area (Å²) in [5.41, 5.74) is -0.885. The van der Waals surface area contributed by atoms with Crippen molar-refractivity contribution in [3.63, 3.8) is 0 Å². The van der Waals surface area contributed by atoms with Gasteiger partial charge in [0.1, 0.15) is 17.5 Å². The van der Waals surface area contributed by atoms with Gasteiger partial charge in [-0.05, 0) is 19.1 Å². The molecule has 1 heterocycles. The number of carbonyl (C=O) groups is 1. The summed E-state index contributed by atoms with van der Waals surface area (Å²) in [7, 11) is 0. The highest BCUT2D eigenvalue weighted by Gasteiger charge is 2.27. The first-order valence-electron chi connectivity index (χ1n) is 3.34. The zero-order chi connectivity index (χ0) is 8.32. The number of carbonyl (C=O) groups excluding carboxylic acids is 1. The van der Waals surface area contributed by atoms with Crippen LogP contribution in [0.5, 0.6) is 0 Å². The maximum Gasteiger partial charge on any atom is 0.135 e. The first kappa shape index (κ1) is 8.01. The van der Waals surface area contributed by atoms with Crippen molar-refractivity contribution in [1.82, 2.24) is 0 Å². The fourth-order valence-corrected chi connectivity index (χ4v) is 0.777. The van der Waals surface area contributed by atoms with E-state index in [9.17, 15) is 4.79 Å². The topological polar surface area (TPSA) is 50.4 Å². The standard InChI is InChI=1S/C8H10O3/c1-8(5-9,6-10)7-3-2-4-11-7/h2-5,10H,6H2,1H3. The quantitative estimate of drug-likeness (QED) is 0.653. The van der Waals surface area contributed by atoms with Gasteiger partial charge in [-0.1, -0.05) is 0 Å². The molecule has 0 fully saturated rings. The molecule has 1 aromatic heterocycles. The minimum absolute atomic E-state index is 0.232. The van der Waals surface area contributed by atoms with Gasteiger partial charge in [0.2, 0.25) is 0 Å². The predicted octanol–water partition coefficient (Wildman–Crippen LogP) is 0.729. The van der Waals surface area contributed by atoms with Gasteiger partial charge in [0.25, 0.3) is 0 Å². The Morgan fingerprint density at radius 3 is 2.91 bits per heavy atom. The van der Waals surface area contributed by atoms with E-state index in [2.05, 4.69) is 0 Å². The van der Waals surface area contributed by atoms with Crippen LogP contribution >= 0.6 is 0 Å². The average molecular weight is 154 g/mol. The van der Waals surface area contributed by atoms with Crippen LogP contribution in [0.15, 0.2) is 22.8 Å².